The monoisotopic (exact) mass is 226 g/mol. The van der Waals surface area contributed by atoms with Crippen molar-refractivity contribution in [3.05, 3.63) is 0 Å². The van der Waals surface area contributed by atoms with Crippen LogP contribution >= 0.6 is 0 Å². The SMILES string of the molecule is CC1CCC(CCCC(=O)[Si](C)(C)C)C1. The third-order valence-corrected chi connectivity index (χ3v) is 5.58. The maximum atomic E-state index is 11.8. The minimum Gasteiger partial charge on any atom is -0.305 e. The molecule has 1 aliphatic rings. The van der Waals surface area contributed by atoms with Gasteiger partial charge >= 0.3 is 0 Å². The average molecular weight is 226 g/mol. The van der Waals surface area contributed by atoms with E-state index in [9.17, 15) is 4.79 Å². The topological polar surface area (TPSA) is 17.1 Å². The lowest BCUT2D eigenvalue weighted by Crippen LogP contribution is -2.33. The van der Waals surface area contributed by atoms with E-state index in [4.69, 9.17) is 0 Å². The summed E-state index contributed by atoms with van der Waals surface area (Å²) in [5, 5.41) is 0.563. The molecule has 0 saturated heterocycles. The van der Waals surface area contributed by atoms with E-state index in [1.54, 1.807) is 0 Å². The van der Waals surface area contributed by atoms with E-state index in [-0.39, 0.29) is 0 Å². The molecule has 88 valence electrons. The van der Waals surface area contributed by atoms with Crippen LogP contribution in [0.2, 0.25) is 19.6 Å². The molecule has 0 aliphatic heterocycles. The zero-order valence-electron chi connectivity index (χ0n) is 10.8. The molecule has 2 heteroatoms. The van der Waals surface area contributed by atoms with Gasteiger partial charge in [0.05, 0.1) is 0 Å². The van der Waals surface area contributed by atoms with Gasteiger partial charge in [-0.3, -0.25) is 0 Å². The van der Waals surface area contributed by atoms with E-state index in [1.807, 2.05) is 0 Å². The zero-order valence-corrected chi connectivity index (χ0v) is 11.8. The summed E-state index contributed by atoms with van der Waals surface area (Å²) in [7, 11) is -1.49. The molecule has 0 N–H and O–H groups in total. The van der Waals surface area contributed by atoms with Crippen LogP contribution in [-0.2, 0) is 4.79 Å². The van der Waals surface area contributed by atoms with Crippen molar-refractivity contribution >= 4 is 13.5 Å². The van der Waals surface area contributed by atoms with Crippen LogP contribution in [0.5, 0.6) is 0 Å². The van der Waals surface area contributed by atoms with Gasteiger partial charge in [0.25, 0.3) is 0 Å². The fourth-order valence-electron chi connectivity index (χ4n) is 2.51. The summed E-state index contributed by atoms with van der Waals surface area (Å²) in [6.45, 7) is 8.83. The first-order valence-electron chi connectivity index (χ1n) is 6.43. The quantitative estimate of drug-likeness (QED) is 0.647. The number of carbonyl (C=O) groups is 1. The van der Waals surface area contributed by atoms with Crippen LogP contribution in [0.4, 0.5) is 0 Å². The normalized spacial score (nSPS) is 26.9. The van der Waals surface area contributed by atoms with Crippen LogP contribution in [0.15, 0.2) is 0 Å². The standard InChI is InChI=1S/C13H26OSi/c1-11-8-9-12(10-11)6-5-7-13(14)15(2,3)4/h11-12H,5-10H2,1-4H3. The molecule has 2 unspecified atom stereocenters. The first kappa shape index (κ1) is 13.0. The maximum Gasteiger partial charge on any atom is 0.123 e. The number of hydrogen-bond acceptors (Lipinski definition) is 1. The van der Waals surface area contributed by atoms with Gasteiger partial charge in [-0.1, -0.05) is 45.8 Å². The van der Waals surface area contributed by atoms with Crippen LogP contribution in [0, 0.1) is 11.8 Å². The average Bonchev–Trinajstić information content (AvgIpc) is 2.49. The van der Waals surface area contributed by atoms with Crippen LogP contribution in [-0.4, -0.2) is 13.5 Å². The lowest BCUT2D eigenvalue weighted by Gasteiger charge is -2.15. The highest BCUT2D eigenvalue weighted by atomic mass is 28.3. The molecule has 15 heavy (non-hydrogen) atoms. The van der Waals surface area contributed by atoms with Crippen molar-refractivity contribution in [1.82, 2.24) is 0 Å². The molecule has 1 saturated carbocycles. The van der Waals surface area contributed by atoms with Crippen LogP contribution in [0.3, 0.4) is 0 Å². The second-order valence-corrected chi connectivity index (χ2v) is 11.4. The molecule has 0 aromatic carbocycles. The van der Waals surface area contributed by atoms with Crippen molar-refractivity contribution in [2.45, 2.75) is 65.1 Å². The summed E-state index contributed by atoms with van der Waals surface area (Å²) in [5.41, 5.74) is 0. The molecule has 0 aromatic heterocycles. The van der Waals surface area contributed by atoms with Gasteiger partial charge in [0.15, 0.2) is 0 Å². The Labute approximate surface area is 95.7 Å². The largest absolute Gasteiger partial charge is 0.305 e. The summed E-state index contributed by atoms with van der Waals surface area (Å²) < 4.78 is 0. The lowest BCUT2D eigenvalue weighted by molar-refractivity contribution is -0.112. The third-order valence-electron chi connectivity index (χ3n) is 3.66. The van der Waals surface area contributed by atoms with E-state index in [1.165, 1.54) is 25.7 Å². The predicted octanol–water partition coefficient (Wildman–Crippen LogP) is 4.04. The number of hydrogen-bond donors (Lipinski definition) is 0. The van der Waals surface area contributed by atoms with Crippen molar-refractivity contribution in [2.75, 3.05) is 0 Å². The van der Waals surface area contributed by atoms with Gasteiger partial charge in [-0.25, -0.2) is 0 Å². The molecule has 0 heterocycles. The Morgan fingerprint density at radius 1 is 1.27 bits per heavy atom. The van der Waals surface area contributed by atoms with Gasteiger partial charge in [0.1, 0.15) is 13.5 Å². The molecule has 0 radical (unpaired) electrons. The number of rotatable bonds is 5. The van der Waals surface area contributed by atoms with E-state index >= 15 is 0 Å². The van der Waals surface area contributed by atoms with Gasteiger partial charge < -0.3 is 4.79 Å². The van der Waals surface area contributed by atoms with Crippen LogP contribution < -0.4 is 0 Å². The van der Waals surface area contributed by atoms with Crippen molar-refractivity contribution in [3.8, 4) is 0 Å². The Balaban J connectivity index is 2.14. The third kappa shape index (κ3) is 4.50. The molecule has 1 fully saturated rings. The number of carbonyl (C=O) groups excluding carboxylic acids is 1. The molecular formula is C13H26OSi. The maximum absolute atomic E-state index is 11.8. The smallest absolute Gasteiger partial charge is 0.123 e. The molecule has 1 rings (SSSR count). The van der Waals surface area contributed by atoms with Crippen LogP contribution in [0.25, 0.3) is 0 Å². The second-order valence-electron chi connectivity index (χ2n) is 6.35. The molecule has 1 nitrogen and oxygen atoms in total. The van der Waals surface area contributed by atoms with Crippen molar-refractivity contribution in [3.63, 3.8) is 0 Å². The first-order chi connectivity index (χ1) is 6.89. The van der Waals surface area contributed by atoms with E-state index < -0.39 is 8.07 Å². The molecular weight excluding hydrogens is 200 g/mol. The Bertz CT molecular complexity index is 217. The van der Waals surface area contributed by atoms with Crippen molar-refractivity contribution < 1.29 is 4.79 Å². The highest BCUT2D eigenvalue weighted by molar-refractivity contribution is 7.03. The van der Waals surface area contributed by atoms with Crippen molar-refractivity contribution in [2.24, 2.45) is 11.8 Å². The minimum absolute atomic E-state index is 0.563. The van der Waals surface area contributed by atoms with Gasteiger partial charge in [-0.05, 0) is 24.7 Å². The summed E-state index contributed by atoms with van der Waals surface area (Å²) in [4.78, 5) is 11.8. The van der Waals surface area contributed by atoms with Gasteiger partial charge in [0.2, 0.25) is 0 Å². The molecule has 0 bridgehead atoms. The minimum atomic E-state index is -1.49. The Kier molecular flexibility index (Phi) is 4.57. The first-order valence-corrected chi connectivity index (χ1v) is 9.93. The van der Waals surface area contributed by atoms with E-state index in [0.29, 0.717) is 5.41 Å². The fraction of sp³-hybridized carbons (Fsp3) is 0.923. The van der Waals surface area contributed by atoms with Crippen molar-refractivity contribution in [1.29, 1.82) is 0 Å². The van der Waals surface area contributed by atoms with Gasteiger partial charge in [-0.2, -0.15) is 0 Å². The molecule has 0 aromatic rings. The summed E-state index contributed by atoms with van der Waals surface area (Å²) in [6.07, 6.45) is 7.50. The summed E-state index contributed by atoms with van der Waals surface area (Å²) in [5.74, 6) is 1.86. The molecule has 0 amide bonds. The highest BCUT2D eigenvalue weighted by Gasteiger charge is 2.25. The summed E-state index contributed by atoms with van der Waals surface area (Å²) >= 11 is 0. The Morgan fingerprint density at radius 3 is 2.40 bits per heavy atom. The molecule has 1 aliphatic carbocycles. The summed E-state index contributed by atoms with van der Waals surface area (Å²) in [6, 6.07) is 0. The highest BCUT2D eigenvalue weighted by Crippen LogP contribution is 2.33. The van der Waals surface area contributed by atoms with Crippen LogP contribution in [0.1, 0.15) is 45.4 Å². The Morgan fingerprint density at radius 2 is 1.93 bits per heavy atom. The Hall–Kier alpha value is -0.113. The molecule has 0 spiro atoms. The second kappa shape index (κ2) is 5.29. The lowest BCUT2D eigenvalue weighted by atomic mass is 9.99. The fourth-order valence-corrected chi connectivity index (χ4v) is 3.44. The van der Waals surface area contributed by atoms with Gasteiger partial charge in [0, 0.05) is 6.42 Å². The predicted molar refractivity (Wildman–Crippen MR) is 68.7 cm³/mol. The zero-order chi connectivity index (χ0) is 11.5. The van der Waals surface area contributed by atoms with Gasteiger partial charge in [-0.15, -0.1) is 0 Å². The van der Waals surface area contributed by atoms with E-state index in [2.05, 4.69) is 26.6 Å². The molecule has 2 atom stereocenters. The van der Waals surface area contributed by atoms with E-state index in [0.717, 1.165) is 24.7 Å².